The van der Waals surface area contributed by atoms with Crippen LogP contribution in [0.3, 0.4) is 0 Å². The number of rotatable bonds is 5. The van der Waals surface area contributed by atoms with E-state index in [1.54, 1.807) is 18.2 Å². The van der Waals surface area contributed by atoms with Gasteiger partial charge in [-0.05, 0) is 23.8 Å². The van der Waals surface area contributed by atoms with Gasteiger partial charge >= 0.3 is 5.97 Å². The van der Waals surface area contributed by atoms with Crippen molar-refractivity contribution in [3.8, 4) is 11.3 Å². The average molecular weight is 456 g/mol. The molecule has 0 saturated heterocycles. The summed E-state index contributed by atoms with van der Waals surface area (Å²) in [7, 11) is 0. The van der Waals surface area contributed by atoms with E-state index in [0.717, 1.165) is 11.1 Å². The number of aliphatic carboxylic acids is 1. The van der Waals surface area contributed by atoms with Crippen molar-refractivity contribution in [1.82, 2.24) is 14.5 Å². The van der Waals surface area contributed by atoms with Crippen LogP contribution in [0.5, 0.6) is 0 Å². The number of carboxylic acid groups (broad SMARTS) is 1. The number of pyridine rings is 1. The van der Waals surface area contributed by atoms with E-state index < -0.39 is 18.1 Å². The third-order valence-corrected chi connectivity index (χ3v) is 5.75. The summed E-state index contributed by atoms with van der Waals surface area (Å²) in [5.74, 6) is -0.739. The predicted molar refractivity (Wildman–Crippen MR) is 129 cm³/mol. The molecule has 5 rings (SSSR count). The van der Waals surface area contributed by atoms with Gasteiger partial charge in [0, 0.05) is 22.4 Å². The Morgan fingerprint density at radius 2 is 1.61 bits per heavy atom. The van der Waals surface area contributed by atoms with Gasteiger partial charge in [-0.3, -0.25) is 14.2 Å². The van der Waals surface area contributed by atoms with Crippen molar-refractivity contribution in [3.05, 3.63) is 106 Å². The first-order valence-corrected chi connectivity index (χ1v) is 10.7. The fourth-order valence-corrected chi connectivity index (χ4v) is 4.12. The molecule has 7 heteroatoms. The largest absolute Gasteiger partial charge is 0.480 e. The number of hydrogen-bond acceptors (Lipinski definition) is 4. The smallest absolute Gasteiger partial charge is 0.323 e. The minimum absolute atomic E-state index is 0.312. The van der Waals surface area contributed by atoms with Gasteiger partial charge in [0.25, 0.3) is 5.56 Å². The molecule has 0 radical (unpaired) electrons. The molecule has 2 aromatic heterocycles. The maximum Gasteiger partial charge on any atom is 0.323 e. The first-order valence-electron chi connectivity index (χ1n) is 10.3. The summed E-state index contributed by atoms with van der Waals surface area (Å²) in [6.45, 7) is -0.475. The molecule has 5 aromatic rings. The molecule has 2 heterocycles. The molecule has 0 saturated carbocycles. The summed E-state index contributed by atoms with van der Waals surface area (Å²) >= 11 is 6.08. The van der Waals surface area contributed by atoms with Gasteiger partial charge < -0.3 is 5.11 Å². The van der Waals surface area contributed by atoms with E-state index in [-0.39, 0.29) is 0 Å². The highest BCUT2D eigenvalue weighted by Gasteiger charge is 2.20. The normalized spacial score (nSPS) is 11.2. The Balaban J connectivity index is 1.88. The number of para-hydroxylation sites is 1. The molecule has 0 aliphatic heterocycles. The molecule has 0 aliphatic rings. The molecule has 0 unspecified atom stereocenters. The number of aromatic nitrogens is 3. The third kappa shape index (κ3) is 3.97. The monoisotopic (exact) mass is 455 g/mol. The molecular weight excluding hydrogens is 438 g/mol. The highest BCUT2D eigenvalue weighted by molar-refractivity contribution is 6.30. The average Bonchev–Trinajstić information content (AvgIpc) is 2.82. The molecule has 0 amide bonds. The quantitative estimate of drug-likeness (QED) is 0.379. The fraction of sp³-hybridized carbons (Fsp3) is 0.0769. The highest BCUT2D eigenvalue weighted by Crippen LogP contribution is 2.30. The Morgan fingerprint density at radius 3 is 2.33 bits per heavy atom. The predicted octanol–water partition coefficient (Wildman–Crippen LogP) is 4.94. The summed E-state index contributed by atoms with van der Waals surface area (Å²) in [5.41, 5.74) is 2.91. The number of benzene rings is 3. The summed E-state index contributed by atoms with van der Waals surface area (Å²) in [5, 5.41) is 11.1. The second-order valence-corrected chi connectivity index (χ2v) is 8.12. The van der Waals surface area contributed by atoms with Crippen molar-refractivity contribution >= 4 is 39.4 Å². The first kappa shape index (κ1) is 20.8. The standard InChI is InChI=1S/C26H18ClN3O3/c27-18-12-10-17(11-13-18)24-25-23(19-8-4-5-9-20(19)28-24)26(33)30(15-22(31)32)21(29-25)14-16-6-2-1-3-7-16/h1-13H,14-15H2,(H,31,32). The van der Waals surface area contributed by atoms with Gasteiger partial charge in [0.1, 0.15) is 17.9 Å². The lowest BCUT2D eigenvalue weighted by Gasteiger charge is -2.15. The maximum atomic E-state index is 13.7. The number of fused-ring (bicyclic) bond motifs is 3. The number of carboxylic acids is 1. The Bertz CT molecular complexity index is 1560. The number of hydrogen-bond donors (Lipinski definition) is 1. The van der Waals surface area contributed by atoms with Gasteiger partial charge in [0.15, 0.2) is 0 Å². The lowest BCUT2D eigenvalue weighted by atomic mass is 10.0. The lowest BCUT2D eigenvalue weighted by molar-refractivity contribution is -0.137. The summed E-state index contributed by atoms with van der Waals surface area (Å²) in [6, 6.07) is 24.0. The Labute approximate surface area is 193 Å². The fourth-order valence-electron chi connectivity index (χ4n) is 3.99. The zero-order valence-electron chi connectivity index (χ0n) is 17.4. The van der Waals surface area contributed by atoms with E-state index in [1.165, 1.54) is 4.57 Å². The maximum absolute atomic E-state index is 13.7. The van der Waals surface area contributed by atoms with Crippen LogP contribution in [-0.4, -0.2) is 25.6 Å². The van der Waals surface area contributed by atoms with Crippen LogP contribution in [-0.2, 0) is 17.8 Å². The van der Waals surface area contributed by atoms with Crippen LogP contribution in [0.2, 0.25) is 5.02 Å². The molecule has 1 N–H and O–H groups in total. The highest BCUT2D eigenvalue weighted by atomic mass is 35.5. The minimum atomic E-state index is -1.11. The first-order chi connectivity index (χ1) is 16.0. The molecule has 3 aromatic carbocycles. The van der Waals surface area contributed by atoms with Crippen LogP contribution in [0.4, 0.5) is 0 Å². The van der Waals surface area contributed by atoms with Crippen molar-refractivity contribution in [2.75, 3.05) is 0 Å². The molecule has 0 aliphatic carbocycles. The molecule has 0 spiro atoms. The van der Waals surface area contributed by atoms with Crippen molar-refractivity contribution in [3.63, 3.8) is 0 Å². The molecular formula is C26H18ClN3O3. The molecule has 162 valence electrons. The molecule has 0 atom stereocenters. The van der Waals surface area contributed by atoms with Gasteiger partial charge in [-0.2, -0.15) is 0 Å². The Kier molecular flexibility index (Phi) is 5.36. The van der Waals surface area contributed by atoms with Crippen molar-refractivity contribution in [2.24, 2.45) is 0 Å². The topological polar surface area (TPSA) is 85.1 Å². The van der Waals surface area contributed by atoms with Gasteiger partial charge in [0.05, 0.1) is 16.6 Å². The molecule has 33 heavy (non-hydrogen) atoms. The van der Waals surface area contributed by atoms with Gasteiger partial charge in [-0.15, -0.1) is 0 Å². The van der Waals surface area contributed by atoms with E-state index in [2.05, 4.69) is 0 Å². The van der Waals surface area contributed by atoms with Gasteiger partial charge in [-0.1, -0.05) is 72.3 Å². The zero-order chi connectivity index (χ0) is 22.9. The van der Waals surface area contributed by atoms with E-state index in [9.17, 15) is 14.7 Å². The van der Waals surface area contributed by atoms with Gasteiger partial charge in [0.2, 0.25) is 0 Å². The van der Waals surface area contributed by atoms with E-state index >= 15 is 0 Å². The van der Waals surface area contributed by atoms with E-state index in [0.29, 0.717) is 44.8 Å². The molecule has 0 bridgehead atoms. The second-order valence-electron chi connectivity index (χ2n) is 7.68. The summed E-state index contributed by atoms with van der Waals surface area (Å²) in [4.78, 5) is 35.0. The van der Waals surface area contributed by atoms with Crippen LogP contribution < -0.4 is 5.56 Å². The minimum Gasteiger partial charge on any atom is -0.480 e. The Hall–Kier alpha value is -4.03. The number of halogens is 1. The third-order valence-electron chi connectivity index (χ3n) is 5.49. The van der Waals surface area contributed by atoms with Crippen LogP contribution in [0.15, 0.2) is 83.7 Å². The molecule has 6 nitrogen and oxygen atoms in total. The zero-order valence-corrected chi connectivity index (χ0v) is 18.2. The SMILES string of the molecule is O=C(O)Cn1c(Cc2ccccc2)nc2c(-c3ccc(Cl)cc3)nc3ccccc3c2c1=O. The van der Waals surface area contributed by atoms with E-state index in [4.69, 9.17) is 21.6 Å². The van der Waals surface area contributed by atoms with Crippen LogP contribution >= 0.6 is 11.6 Å². The number of nitrogens with zero attached hydrogens (tertiary/aromatic N) is 3. The van der Waals surface area contributed by atoms with E-state index in [1.807, 2.05) is 60.7 Å². The van der Waals surface area contributed by atoms with Crippen LogP contribution in [0.25, 0.3) is 33.1 Å². The summed E-state index contributed by atoms with van der Waals surface area (Å²) in [6.07, 6.45) is 0.312. The lowest BCUT2D eigenvalue weighted by Crippen LogP contribution is -2.29. The number of carbonyl (C=O) groups is 1. The molecule has 0 fully saturated rings. The Morgan fingerprint density at radius 1 is 0.909 bits per heavy atom. The van der Waals surface area contributed by atoms with Gasteiger partial charge in [-0.25, -0.2) is 9.97 Å². The van der Waals surface area contributed by atoms with Crippen LogP contribution in [0, 0.1) is 0 Å². The van der Waals surface area contributed by atoms with Crippen molar-refractivity contribution in [1.29, 1.82) is 0 Å². The second kappa shape index (κ2) is 8.48. The van der Waals surface area contributed by atoms with Crippen LogP contribution in [0.1, 0.15) is 11.4 Å². The summed E-state index contributed by atoms with van der Waals surface area (Å²) < 4.78 is 1.25. The van der Waals surface area contributed by atoms with Crippen molar-refractivity contribution in [2.45, 2.75) is 13.0 Å². The van der Waals surface area contributed by atoms with Crippen molar-refractivity contribution < 1.29 is 9.90 Å².